The lowest BCUT2D eigenvalue weighted by Gasteiger charge is -2.05. The van der Waals surface area contributed by atoms with E-state index >= 15 is 0 Å². The summed E-state index contributed by atoms with van der Waals surface area (Å²) in [6.45, 7) is 2.51. The number of nitrogens with two attached hydrogens (primary N) is 2. The molecular weight excluding hydrogens is 152 g/mol. The van der Waals surface area contributed by atoms with Crippen LogP contribution in [-0.2, 0) is 0 Å². The quantitative estimate of drug-likeness (QED) is 0.562. The molecule has 0 bridgehead atoms. The topological polar surface area (TPSA) is 61.3 Å². The molecule has 64 valence electrons. The van der Waals surface area contributed by atoms with Gasteiger partial charge in [-0.2, -0.15) is 0 Å². The zero-order valence-corrected chi connectivity index (χ0v) is 7.00. The van der Waals surface area contributed by atoms with Gasteiger partial charge in [0.1, 0.15) is 12.4 Å². The molecule has 1 atom stereocenters. The van der Waals surface area contributed by atoms with Crippen molar-refractivity contribution in [2.75, 3.05) is 12.3 Å². The molecule has 1 aliphatic heterocycles. The smallest absolute Gasteiger partial charge is 0.147 e. The fraction of sp³-hybridized carbons (Fsp3) is 0.333. The van der Waals surface area contributed by atoms with Gasteiger partial charge in [-0.3, -0.25) is 0 Å². The van der Waals surface area contributed by atoms with Crippen LogP contribution >= 0.6 is 0 Å². The number of fused-ring (bicyclic) bond motifs is 1. The van der Waals surface area contributed by atoms with E-state index in [9.17, 15) is 0 Å². The fourth-order valence-electron chi connectivity index (χ4n) is 1.43. The number of rotatable bonds is 0. The standard InChI is InChI=1S/C9H12N2O/c1-5-2-3-6-7(10)4-12-9(6)8(5)11/h2-3,7H,4,10-11H2,1H3. The molecule has 0 saturated carbocycles. The maximum absolute atomic E-state index is 5.82. The van der Waals surface area contributed by atoms with Gasteiger partial charge in [-0.1, -0.05) is 12.1 Å². The van der Waals surface area contributed by atoms with Crippen LogP contribution in [0.15, 0.2) is 12.1 Å². The SMILES string of the molecule is Cc1ccc2c(c1N)OCC2N. The third-order valence-electron chi connectivity index (χ3n) is 2.25. The molecule has 12 heavy (non-hydrogen) atoms. The zero-order chi connectivity index (χ0) is 8.72. The lowest BCUT2D eigenvalue weighted by molar-refractivity contribution is 0.334. The van der Waals surface area contributed by atoms with Gasteiger partial charge >= 0.3 is 0 Å². The summed E-state index contributed by atoms with van der Waals surface area (Å²) in [4.78, 5) is 0. The van der Waals surface area contributed by atoms with Gasteiger partial charge in [-0.05, 0) is 12.5 Å². The first kappa shape index (κ1) is 7.43. The lowest BCUT2D eigenvalue weighted by atomic mass is 10.1. The van der Waals surface area contributed by atoms with E-state index in [4.69, 9.17) is 16.2 Å². The van der Waals surface area contributed by atoms with Crippen molar-refractivity contribution in [1.29, 1.82) is 0 Å². The molecule has 0 aliphatic carbocycles. The summed E-state index contributed by atoms with van der Waals surface area (Å²) in [6, 6.07) is 3.95. The highest BCUT2D eigenvalue weighted by Crippen LogP contribution is 2.37. The Morgan fingerprint density at radius 2 is 2.25 bits per heavy atom. The Labute approximate surface area is 71.3 Å². The minimum Gasteiger partial charge on any atom is -0.489 e. The molecular formula is C9H12N2O. The fourth-order valence-corrected chi connectivity index (χ4v) is 1.43. The monoisotopic (exact) mass is 164 g/mol. The molecule has 1 aromatic rings. The van der Waals surface area contributed by atoms with Crippen LogP contribution in [0, 0.1) is 6.92 Å². The predicted octanol–water partition coefficient (Wildman–Crippen LogP) is 0.969. The molecule has 0 fully saturated rings. The summed E-state index contributed by atoms with van der Waals surface area (Å²) in [6.07, 6.45) is 0. The van der Waals surface area contributed by atoms with Crippen molar-refractivity contribution in [2.45, 2.75) is 13.0 Å². The van der Waals surface area contributed by atoms with Crippen LogP contribution in [0.25, 0.3) is 0 Å². The second kappa shape index (κ2) is 2.38. The Morgan fingerprint density at radius 3 is 3.00 bits per heavy atom. The summed E-state index contributed by atoms with van der Waals surface area (Å²) >= 11 is 0. The molecule has 0 amide bonds. The second-order valence-electron chi connectivity index (χ2n) is 3.13. The Hall–Kier alpha value is -1.22. The van der Waals surface area contributed by atoms with Crippen LogP contribution in [0.3, 0.4) is 0 Å². The minimum absolute atomic E-state index is 0.0112. The normalized spacial score (nSPS) is 20.3. The average Bonchev–Trinajstić information content (AvgIpc) is 2.41. The molecule has 0 radical (unpaired) electrons. The van der Waals surface area contributed by atoms with Crippen LogP contribution in [0.5, 0.6) is 5.75 Å². The number of hydrogen-bond donors (Lipinski definition) is 2. The number of hydrogen-bond acceptors (Lipinski definition) is 3. The summed E-state index contributed by atoms with van der Waals surface area (Å²) in [5.74, 6) is 0.780. The van der Waals surface area contributed by atoms with E-state index in [1.807, 2.05) is 19.1 Å². The van der Waals surface area contributed by atoms with Crippen molar-refractivity contribution >= 4 is 5.69 Å². The maximum Gasteiger partial charge on any atom is 0.147 e. The molecule has 0 aromatic heterocycles. The number of benzene rings is 1. The van der Waals surface area contributed by atoms with Gasteiger partial charge in [0.25, 0.3) is 0 Å². The molecule has 3 nitrogen and oxygen atoms in total. The highest BCUT2D eigenvalue weighted by Gasteiger charge is 2.22. The molecule has 2 rings (SSSR count). The maximum atomic E-state index is 5.82. The highest BCUT2D eigenvalue weighted by molar-refractivity contribution is 5.63. The number of aryl methyl sites for hydroxylation is 1. The third kappa shape index (κ3) is 0.865. The lowest BCUT2D eigenvalue weighted by Crippen LogP contribution is -2.10. The van der Waals surface area contributed by atoms with E-state index in [0.717, 1.165) is 22.6 Å². The minimum atomic E-state index is -0.0112. The van der Waals surface area contributed by atoms with E-state index in [0.29, 0.717) is 6.61 Å². The Bertz CT molecular complexity index is 323. The first-order valence-electron chi connectivity index (χ1n) is 3.97. The Balaban J connectivity index is 2.60. The van der Waals surface area contributed by atoms with Gasteiger partial charge in [0, 0.05) is 5.56 Å². The van der Waals surface area contributed by atoms with Crippen molar-refractivity contribution in [1.82, 2.24) is 0 Å². The number of ether oxygens (including phenoxy) is 1. The molecule has 4 N–H and O–H groups in total. The number of nitrogen functional groups attached to an aromatic ring is 1. The van der Waals surface area contributed by atoms with Crippen molar-refractivity contribution < 1.29 is 4.74 Å². The van der Waals surface area contributed by atoms with Crippen molar-refractivity contribution in [3.63, 3.8) is 0 Å². The van der Waals surface area contributed by atoms with Crippen LogP contribution in [-0.4, -0.2) is 6.61 Å². The molecule has 1 aliphatic rings. The first-order chi connectivity index (χ1) is 5.70. The predicted molar refractivity (Wildman–Crippen MR) is 48.0 cm³/mol. The van der Waals surface area contributed by atoms with Gasteiger partial charge in [0.15, 0.2) is 0 Å². The van der Waals surface area contributed by atoms with Gasteiger partial charge in [-0.25, -0.2) is 0 Å². The van der Waals surface area contributed by atoms with E-state index in [1.54, 1.807) is 0 Å². The van der Waals surface area contributed by atoms with E-state index in [2.05, 4.69) is 0 Å². The van der Waals surface area contributed by atoms with Gasteiger partial charge in [-0.15, -0.1) is 0 Å². The Morgan fingerprint density at radius 1 is 1.50 bits per heavy atom. The molecule has 1 heterocycles. The van der Waals surface area contributed by atoms with Crippen LogP contribution in [0.2, 0.25) is 0 Å². The summed E-state index contributed by atoms with van der Waals surface area (Å²) < 4.78 is 5.37. The molecule has 3 heteroatoms. The first-order valence-corrected chi connectivity index (χ1v) is 3.97. The van der Waals surface area contributed by atoms with Crippen LogP contribution < -0.4 is 16.2 Å². The molecule has 1 unspecified atom stereocenters. The Kier molecular flexibility index (Phi) is 1.48. The second-order valence-corrected chi connectivity index (χ2v) is 3.13. The highest BCUT2D eigenvalue weighted by atomic mass is 16.5. The summed E-state index contributed by atoms with van der Waals surface area (Å²) in [5, 5.41) is 0. The third-order valence-corrected chi connectivity index (χ3v) is 2.25. The van der Waals surface area contributed by atoms with Gasteiger partial charge < -0.3 is 16.2 Å². The van der Waals surface area contributed by atoms with E-state index in [1.165, 1.54) is 0 Å². The van der Waals surface area contributed by atoms with Gasteiger partial charge in [0.05, 0.1) is 11.7 Å². The van der Waals surface area contributed by atoms with E-state index < -0.39 is 0 Å². The van der Waals surface area contributed by atoms with E-state index in [-0.39, 0.29) is 6.04 Å². The summed E-state index contributed by atoms with van der Waals surface area (Å²) in [5.41, 5.74) is 14.4. The number of anilines is 1. The van der Waals surface area contributed by atoms with Gasteiger partial charge in [0.2, 0.25) is 0 Å². The largest absolute Gasteiger partial charge is 0.489 e. The van der Waals surface area contributed by atoms with Crippen molar-refractivity contribution in [3.05, 3.63) is 23.3 Å². The van der Waals surface area contributed by atoms with Crippen LogP contribution in [0.4, 0.5) is 5.69 Å². The molecule has 0 saturated heterocycles. The zero-order valence-electron chi connectivity index (χ0n) is 7.00. The average molecular weight is 164 g/mol. The van der Waals surface area contributed by atoms with Crippen molar-refractivity contribution in [3.8, 4) is 5.75 Å². The molecule has 0 spiro atoms. The van der Waals surface area contributed by atoms with Crippen molar-refractivity contribution in [2.24, 2.45) is 5.73 Å². The van der Waals surface area contributed by atoms with Crippen LogP contribution in [0.1, 0.15) is 17.2 Å². The molecule has 1 aromatic carbocycles. The summed E-state index contributed by atoms with van der Waals surface area (Å²) in [7, 11) is 0.